The SMILES string of the molecule is CCCCCCCCCCCCCCOC[C@@H]1CO[C@@H](CO)C1. The quantitative estimate of drug-likeness (QED) is 0.401. The van der Waals surface area contributed by atoms with E-state index < -0.39 is 0 Å². The molecule has 0 aliphatic carbocycles. The van der Waals surface area contributed by atoms with Crippen molar-refractivity contribution in [2.45, 2.75) is 96.5 Å². The summed E-state index contributed by atoms with van der Waals surface area (Å²) >= 11 is 0. The van der Waals surface area contributed by atoms with Crippen LogP contribution in [0.2, 0.25) is 0 Å². The Bertz CT molecular complexity index is 245. The van der Waals surface area contributed by atoms with E-state index in [-0.39, 0.29) is 12.7 Å². The Morgan fingerprint density at radius 2 is 1.43 bits per heavy atom. The predicted molar refractivity (Wildman–Crippen MR) is 96.8 cm³/mol. The molecule has 1 rings (SSSR count). The van der Waals surface area contributed by atoms with Gasteiger partial charge < -0.3 is 14.6 Å². The lowest BCUT2D eigenvalue weighted by Crippen LogP contribution is -2.12. The lowest BCUT2D eigenvalue weighted by molar-refractivity contribution is 0.0508. The molecule has 1 fully saturated rings. The minimum absolute atomic E-state index is 0.0512. The first-order valence-corrected chi connectivity index (χ1v) is 10.2. The molecule has 3 nitrogen and oxygen atoms in total. The standard InChI is InChI=1S/C20H40O3/c1-2-3-4-5-6-7-8-9-10-11-12-13-14-22-17-19-15-20(16-21)23-18-19/h19-21H,2-18H2,1H3/t19-,20-/m1/s1. The van der Waals surface area contributed by atoms with Gasteiger partial charge >= 0.3 is 0 Å². The Morgan fingerprint density at radius 3 is 1.96 bits per heavy atom. The second-order valence-corrected chi connectivity index (χ2v) is 7.20. The maximum Gasteiger partial charge on any atom is 0.0810 e. The van der Waals surface area contributed by atoms with Gasteiger partial charge in [0, 0.05) is 12.5 Å². The van der Waals surface area contributed by atoms with Crippen molar-refractivity contribution in [3.05, 3.63) is 0 Å². The second-order valence-electron chi connectivity index (χ2n) is 7.20. The van der Waals surface area contributed by atoms with Crippen molar-refractivity contribution in [1.29, 1.82) is 0 Å². The summed E-state index contributed by atoms with van der Waals surface area (Å²) in [6.45, 7) is 4.87. The highest BCUT2D eigenvalue weighted by Gasteiger charge is 2.24. The van der Waals surface area contributed by atoms with E-state index in [4.69, 9.17) is 14.6 Å². The molecule has 0 unspecified atom stereocenters. The van der Waals surface area contributed by atoms with E-state index in [1.807, 2.05) is 0 Å². The average molecular weight is 329 g/mol. The van der Waals surface area contributed by atoms with Crippen LogP contribution in [0.25, 0.3) is 0 Å². The normalized spacial score (nSPS) is 21.1. The fourth-order valence-corrected chi connectivity index (χ4v) is 3.32. The summed E-state index contributed by atoms with van der Waals surface area (Å²) in [5.41, 5.74) is 0. The molecule has 0 bridgehead atoms. The molecule has 1 heterocycles. The molecule has 0 aromatic rings. The van der Waals surface area contributed by atoms with Crippen molar-refractivity contribution in [3.8, 4) is 0 Å². The van der Waals surface area contributed by atoms with Gasteiger partial charge in [-0.25, -0.2) is 0 Å². The molecule has 0 aromatic heterocycles. The molecule has 0 radical (unpaired) electrons. The van der Waals surface area contributed by atoms with Gasteiger partial charge in [-0.05, 0) is 12.8 Å². The van der Waals surface area contributed by atoms with Crippen LogP contribution in [0.4, 0.5) is 0 Å². The molecule has 0 aromatic carbocycles. The first kappa shape index (κ1) is 20.9. The number of hydrogen-bond acceptors (Lipinski definition) is 3. The third-order valence-electron chi connectivity index (χ3n) is 4.86. The number of rotatable bonds is 16. The third-order valence-corrected chi connectivity index (χ3v) is 4.86. The van der Waals surface area contributed by atoms with Crippen molar-refractivity contribution in [2.24, 2.45) is 5.92 Å². The first-order chi connectivity index (χ1) is 11.4. The van der Waals surface area contributed by atoms with Gasteiger partial charge in [0.25, 0.3) is 0 Å². The molecule has 1 saturated heterocycles. The van der Waals surface area contributed by atoms with Crippen LogP contribution < -0.4 is 0 Å². The molecule has 2 atom stereocenters. The molecule has 1 aliphatic heterocycles. The molecular weight excluding hydrogens is 288 g/mol. The van der Waals surface area contributed by atoms with Crippen molar-refractivity contribution in [3.63, 3.8) is 0 Å². The highest BCUT2D eigenvalue weighted by atomic mass is 16.5. The maximum absolute atomic E-state index is 9.01. The van der Waals surface area contributed by atoms with E-state index in [1.165, 1.54) is 77.0 Å². The van der Waals surface area contributed by atoms with Crippen LogP contribution in [-0.2, 0) is 9.47 Å². The highest BCUT2D eigenvalue weighted by molar-refractivity contribution is 4.72. The van der Waals surface area contributed by atoms with Gasteiger partial charge in [-0.1, -0.05) is 77.6 Å². The van der Waals surface area contributed by atoms with Gasteiger partial charge in [-0.15, -0.1) is 0 Å². The Morgan fingerprint density at radius 1 is 0.870 bits per heavy atom. The highest BCUT2D eigenvalue weighted by Crippen LogP contribution is 2.19. The minimum Gasteiger partial charge on any atom is -0.394 e. The smallest absolute Gasteiger partial charge is 0.0810 e. The number of hydrogen-bond donors (Lipinski definition) is 1. The molecule has 0 spiro atoms. The maximum atomic E-state index is 9.01. The van der Waals surface area contributed by atoms with Gasteiger partial charge in [0.2, 0.25) is 0 Å². The average Bonchev–Trinajstić information content (AvgIpc) is 3.03. The molecule has 1 N–H and O–H groups in total. The van der Waals surface area contributed by atoms with E-state index in [2.05, 4.69) is 6.92 Å². The number of ether oxygens (including phenoxy) is 2. The van der Waals surface area contributed by atoms with E-state index in [0.29, 0.717) is 5.92 Å². The van der Waals surface area contributed by atoms with Crippen molar-refractivity contribution in [2.75, 3.05) is 26.4 Å². The summed E-state index contributed by atoms with van der Waals surface area (Å²) in [5, 5.41) is 9.01. The van der Waals surface area contributed by atoms with E-state index >= 15 is 0 Å². The zero-order chi connectivity index (χ0) is 16.6. The fourth-order valence-electron chi connectivity index (χ4n) is 3.32. The van der Waals surface area contributed by atoms with Crippen LogP contribution in [0.15, 0.2) is 0 Å². The Balaban J connectivity index is 1.70. The number of aliphatic hydroxyl groups is 1. The van der Waals surface area contributed by atoms with Crippen LogP contribution >= 0.6 is 0 Å². The lowest BCUT2D eigenvalue weighted by atomic mass is 10.1. The Hall–Kier alpha value is -0.120. The molecule has 138 valence electrons. The van der Waals surface area contributed by atoms with E-state index in [9.17, 15) is 0 Å². The van der Waals surface area contributed by atoms with E-state index in [0.717, 1.165) is 26.2 Å². The Kier molecular flexibility index (Phi) is 14.0. The van der Waals surface area contributed by atoms with Crippen molar-refractivity contribution in [1.82, 2.24) is 0 Å². The first-order valence-electron chi connectivity index (χ1n) is 10.2. The molecule has 23 heavy (non-hydrogen) atoms. The third kappa shape index (κ3) is 12.0. The number of unbranched alkanes of at least 4 members (excludes halogenated alkanes) is 11. The molecule has 0 amide bonds. The summed E-state index contributed by atoms with van der Waals surface area (Å²) in [6.07, 6.45) is 17.6. The van der Waals surface area contributed by atoms with Crippen LogP contribution in [0, 0.1) is 5.92 Å². The topological polar surface area (TPSA) is 38.7 Å². The fraction of sp³-hybridized carbons (Fsp3) is 1.00. The largest absolute Gasteiger partial charge is 0.394 e. The summed E-state index contributed by atoms with van der Waals surface area (Å²) in [7, 11) is 0. The van der Waals surface area contributed by atoms with Gasteiger partial charge in [-0.3, -0.25) is 0 Å². The zero-order valence-electron chi connectivity index (χ0n) is 15.4. The van der Waals surface area contributed by atoms with Crippen LogP contribution in [-0.4, -0.2) is 37.6 Å². The Labute approximate surface area is 144 Å². The second kappa shape index (κ2) is 15.4. The van der Waals surface area contributed by atoms with Crippen LogP contribution in [0.5, 0.6) is 0 Å². The van der Waals surface area contributed by atoms with Crippen LogP contribution in [0.1, 0.15) is 90.4 Å². The van der Waals surface area contributed by atoms with Gasteiger partial charge in [0.1, 0.15) is 0 Å². The van der Waals surface area contributed by atoms with Crippen molar-refractivity contribution < 1.29 is 14.6 Å². The lowest BCUT2D eigenvalue weighted by Gasteiger charge is -2.09. The summed E-state index contributed by atoms with van der Waals surface area (Å²) in [5.74, 6) is 0.490. The van der Waals surface area contributed by atoms with Gasteiger partial charge in [0.05, 0.1) is 25.9 Å². The molecular formula is C20H40O3. The van der Waals surface area contributed by atoms with E-state index in [1.54, 1.807) is 0 Å². The monoisotopic (exact) mass is 328 g/mol. The van der Waals surface area contributed by atoms with Gasteiger partial charge in [0.15, 0.2) is 0 Å². The van der Waals surface area contributed by atoms with Crippen LogP contribution in [0.3, 0.4) is 0 Å². The van der Waals surface area contributed by atoms with Crippen molar-refractivity contribution >= 4 is 0 Å². The number of aliphatic hydroxyl groups excluding tert-OH is 1. The minimum atomic E-state index is 0.0512. The summed E-state index contributed by atoms with van der Waals surface area (Å²) in [6, 6.07) is 0. The van der Waals surface area contributed by atoms with Gasteiger partial charge in [-0.2, -0.15) is 0 Å². The molecule has 0 saturated carbocycles. The zero-order valence-corrected chi connectivity index (χ0v) is 15.4. The summed E-state index contributed by atoms with van der Waals surface area (Å²) < 4.78 is 11.2. The molecule has 1 aliphatic rings. The summed E-state index contributed by atoms with van der Waals surface area (Å²) in [4.78, 5) is 0. The predicted octanol–water partition coefficient (Wildman–Crippen LogP) is 5.10. The molecule has 3 heteroatoms.